The van der Waals surface area contributed by atoms with Crippen LogP contribution in [0.5, 0.6) is 0 Å². The largest absolute Gasteiger partial charge is 0.465 e. The summed E-state index contributed by atoms with van der Waals surface area (Å²) in [5.41, 5.74) is -2.47. The zero-order valence-corrected chi connectivity index (χ0v) is 12.9. The first-order valence-electron chi connectivity index (χ1n) is 7.23. The summed E-state index contributed by atoms with van der Waals surface area (Å²) >= 11 is 0. The Morgan fingerprint density at radius 2 is 2.08 bits per heavy atom. The van der Waals surface area contributed by atoms with E-state index in [4.69, 9.17) is 14.2 Å². The lowest BCUT2D eigenvalue weighted by atomic mass is 9.99. The van der Waals surface area contributed by atoms with Crippen LogP contribution in [-0.4, -0.2) is 51.5 Å². The van der Waals surface area contributed by atoms with Crippen molar-refractivity contribution in [3.8, 4) is 0 Å². The number of esters is 2. The summed E-state index contributed by atoms with van der Waals surface area (Å²) in [6.07, 6.45) is -2.67. The van der Waals surface area contributed by atoms with Gasteiger partial charge in [-0.25, -0.2) is 4.79 Å². The fraction of sp³-hybridized carbons (Fsp3) is 0.571. The first-order chi connectivity index (χ1) is 11.3. The van der Waals surface area contributed by atoms with Crippen molar-refractivity contribution in [1.29, 1.82) is 0 Å². The van der Waals surface area contributed by atoms with Gasteiger partial charge in [0.2, 0.25) is 0 Å². The van der Waals surface area contributed by atoms with Crippen molar-refractivity contribution in [3.05, 3.63) is 33.1 Å². The van der Waals surface area contributed by atoms with E-state index < -0.39 is 53.1 Å². The van der Waals surface area contributed by atoms with Gasteiger partial charge in [0.25, 0.3) is 5.56 Å². The molecular weight excluding hydrogens is 324 g/mol. The molecule has 2 aliphatic rings. The molecule has 1 aliphatic heterocycles. The molecule has 1 aliphatic carbocycles. The van der Waals surface area contributed by atoms with Gasteiger partial charge in [-0.3, -0.25) is 23.9 Å². The van der Waals surface area contributed by atoms with Gasteiger partial charge in [-0.1, -0.05) is 0 Å². The molecule has 2 fully saturated rings. The molecule has 1 unspecified atom stereocenters. The molecule has 0 spiro atoms. The van der Waals surface area contributed by atoms with E-state index >= 15 is 0 Å². The van der Waals surface area contributed by atoms with E-state index in [1.165, 1.54) is 20.0 Å². The van der Waals surface area contributed by atoms with Crippen LogP contribution in [-0.2, 0) is 23.8 Å². The Balaban J connectivity index is 1.97. The van der Waals surface area contributed by atoms with Gasteiger partial charge in [-0.15, -0.1) is 0 Å². The fourth-order valence-corrected chi connectivity index (χ4v) is 3.08. The van der Waals surface area contributed by atoms with Crippen LogP contribution < -0.4 is 11.2 Å². The SMILES string of the molecule is CC(=O)OC[C@]12C(O)[C@H]1O[C@@H](n1ccc(=O)[nH]c1=O)[C@@H]2OC(C)=O. The van der Waals surface area contributed by atoms with Gasteiger partial charge in [0.05, 0.1) is 6.10 Å². The fourth-order valence-electron chi connectivity index (χ4n) is 3.08. The normalized spacial score (nSPS) is 33.6. The molecule has 24 heavy (non-hydrogen) atoms. The molecule has 0 radical (unpaired) electrons. The van der Waals surface area contributed by atoms with E-state index in [1.54, 1.807) is 0 Å². The second-order valence-electron chi connectivity index (χ2n) is 5.83. The number of aliphatic hydroxyl groups is 1. The molecule has 0 bridgehead atoms. The number of nitrogens with one attached hydrogen (secondary N) is 1. The Morgan fingerprint density at radius 1 is 1.38 bits per heavy atom. The molecule has 5 atom stereocenters. The minimum absolute atomic E-state index is 0.222. The Labute approximate surface area is 134 Å². The zero-order chi connectivity index (χ0) is 17.6. The third-order valence-electron chi connectivity index (χ3n) is 4.28. The first-order valence-corrected chi connectivity index (χ1v) is 7.23. The van der Waals surface area contributed by atoms with Gasteiger partial charge in [0, 0.05) is 26.1 Å². The van der Waals surface area contributed by atoms with Gasteiger partial charge >= 0.3 is 17.6 Å². The monoisotopic (exact) mass is 340 g/mol. The summed E-state index contributed by atoms with van der Waals surface area (Å²) < 4.78 is 16.9. The van der Waals surface area contributed by atoms with Crippen LogP contribution in [0.2, 0.25) is 0 Å². The number of hydrogen-bond donors (Lipinski definition) is 2. The van der Waals surface area contributed by atoms with Crippen LogP contribution >= 0.6 is 0 Å². The second-order valence-corrected chi connectivity index (χ2v) is 5.83. The van der Waals surface area contributed by atoms with Crippen LogP contribution in [0.3, 0.4) is 0 Å². The Kier molecular flexibility index (Phi) is 3.80. The number of carbonyl (C=O) groups excluding carboxylic acids is 2. The van der Waals surface area contributed by atoms with Crippen LogP contribution in [0.15, 0.2) is 21.9 Å². The molecule has 10 nitrogen and oxygen atoms in total. The highest BCUT2D eigenvalue weighted by Gasteiger charge is 2.79. The smallest absolute Gasteiger partial charge is 0.330 e. The van der Waals surface area contributed by atoms with E-state index in [0.29, 0.717) is 0 Å². The van der Waals surface area contributed by atoms with Gasteiger partial charge in [-0.2, -0.15) is 0 Å². The minimum atomic E-state index is -1.14. The number of aromatic amines is 1. The van der Waals surface area contributed by atoms with E-state index in [9.17, 15) is 24.3 Å². The number of aromatic nitrogens is 2. The van der Waals surface area contributed by atoms with Crippen molar-refractivity contribution in [3.63, 3.8) is 0 Å². The topological polar surface area (TPSA) is 137 Å². The lowest BCUT2D eigenvalue weighted by Crippen LogP contribution is -2.43. The van der Waals surface area contributed by atoms with Crippen molar-refractivity contribution >= 4 is 11.9 Å². The van der Waals surface area contributed by atoms with Crippen LogP contribution in [0.25, 0.3) is 0 Å². The minimum Gasteiger partial charge on any atom is -0.465 e. The number of rotatable bonds is 4. The number of ether oxygens (including phenoxy) is 3. The summed E-state index contributed by atoms with van der Waals surface area (Å²) in [5, 5.41) is 10.1. The third kappa shape index (κ3) is 2.43. The quantitative estimate of drug-likeness (QED) is 0.618. The molecule has 0 aromatic carbocycles. The van der Waals surface area contributed by atoms with E-state index in [1.807, 2.05) is 0 Å². The third-order valence-corrected chi connectivity index (χ3v) is 4.28. The van der Waals surface area contributed by atoms with Crippen molar-refractivity contribution in [1.82, 2.24) is 9.55 Å². The number of fused-ring (bicyclic) bond motifs is 1. The molecule has 2 heterocycles. The number of aliphatic hydroxyl groups excluding tert-OH is 1. The maximum absolute atomic E-state index is 12.0. The van der Waals surface area contributed by atoms with Gasteiger partial charge in [0.1, 0.15) is 18.1 Å². The molecule has 2 N–H and O–H groups in total. The molecule has 1 saturated carbocycles. The first kappa shape index (κ1) is 16.4. The van der Waals surface area contributed by atoms with E-state index in [-0.39, 0.29) is 6.61 Å². The number of H-pyrrole nitrogens is 1. The average molecular weight is 340 g/mol. The second kappa shape index (κ2) is 5.56. The lowest BCUT2D eigenvalue weighted by molar-refractivity contribution is -0.166. The van der Waals surface area contributed by atoms with Crippen molar-refractivity contribution in [2.45, 2.75) is 38.4 Å². The molecule has 130 valence electrons. The molecule has 1 saturated heterocycles. The summed E-state index contributed by atoms with van der Waals surface area (Å²) in [4.78, 5) is 47.8. The molecule has 3 rings (SSSR count). The summed E-state index contributed by atoms with van der Waals surface area (Å²) in [6.45, 7) is 2.16. The summed E-state index contributed by atoms with van der Waals surface area (Å²) in [7, 11) is 0. The van der Waals surface area contributed by atoms with Gasteiger partial charge in [0.15, 0.2) is 12.3 Å². The van der Waals surface area contributed by atoms with Crippen LogP contribution in [0, 0.1) is 5.41 Å². The van der Waals surface area contributed by atoms with Crippen molar-refractivity contribution in [2.75, 3.05) is 6.61 Å². The maximum Gasteiger partial charge on any atom is 0.330 e. The highest BCUT2D eigenvalue weighted by atomic mass is 16.6. The molecule has 1 aromatic rings. The molecule has 1 aromatic heterocycles. The Morgan fingerprint density at radius 3 is 2.67 bits per heavy atom. The summed E-state index contributed by atoms with van der Waals surface area (Å²) in [6, 6.07) is 1.12. The predicted molar refractivity (Wildman–Crippen MR) is 75.9 cm³/mol. The van der Waals surface area contributed by atoms with Gasteiger partial charge < -0.3 is 19.3 Å². The number of nitrogens with zero attached hydrogens (tertiary/aromatic N) is 1. The summed E-state index contributed by atoms with van der Waals surface area (Å²) in [5.74, 6) is -1.21. The van der Waals surface area contributed by atoms with Crippen LogP contribution in [0.4, 0.5) is 0 Å². The molecular formula is C14H16N2O8. The highest BCUT2D eigenvalue weighted by molar-refractivity contribution is 5.67. The maximum atomic E-state index is 12.0. The van der Waals surface area contributed by atoms with E-state index in [2.05, 4.69) is 4.98 Å². The number of hydrogen-bond acceptors (Lipinski definition) is 8. The van der Waals surface area contributed by atoms with Crippen molar-refractivity contribution in [2.24, 2.45) is 5.41 Å². The van der Waals surface area contributed by atoms with E-state index in [0.717, 1.165) is 10.6 Å². The van der Waals surface area contributed by atoms with Crippen LogP contribution in [0.1, 0.15) is 20.1 Å². The zero-order valence-electron chi connectivity index (χ0n) is 12.9. The Bertz CT molecular complexity index is 798. The lowest BCUT2D eigenvalue weighted by Gasteiger charge is -2.28. The average Bonchev–Trinajstić information content (AvgIpc) is 2.89. The Hall–Kier alpha value is -2.46. The molecule has 0 amide bonds. The predicted octanol–water partition coefficient (Wildman–Crippen LogP) is -1.71. The van der Waals surface area contributed by atoms with Crippen molar-refractivity contribution < 1.29 is 28.9 Å². The standard InChI is InChI=1S/C14H16N2O8/c1-6(17)22-5-14-9(20)10(14)24-12(11(14)23-7(2)18)16-4-3-8(19)15-13(16)21/h3-4,9-12,20H,5H2,1-2H3,(H,15,19,21)/t9?,10-,11+,12-,14+/m1/s1. The highest BCUT2D eigenvalue weighted by Crippen LogP contribution is 2.61. The number of carbonyl (C=O) groups is 2. The molecule has 10 heteroatoms. The van der Waals surface area contributed by atoms with Gasteiger partial charge in [-0.05, 0) is 0 Å².